The van der Waals surface area contributed by atoms with Crippen molar-refractivity contribution in [3.8, 4) is 0 Å². The van der Waals surface area contributed by atoms with E-state index in [-0.39, 0.29) is 0 Å². The molecule has 1 heterocycles. The van der Waals surface area contributed by atoms with Gasteiger partial charge >= 0.3 is 0 Å². The summed E-state index contributed by atoms with van der Waals surface area (Å²) >= 11 is 0. The van der Waals surface area contributed by atoms with Crippen molar-refractivity contribution in [2.45, 2.75) is 60.7 Å². The normalized spacial score (nSPS) is 14.1. The van der Waals surface area contributed by atoms with Crippen molar-refractivity contribution in [2.75, 3.05) is 0 Å². The molecular weight excluding hydrogens is 198 g/mol. The zero-order valence-electron chi connectivity index (χ0n) is 11.5. The molecule has 0 aromatic carbocycles. The van der Waals surface area contributed by atoms with Crippen LogP contribution in [-0.2, 0) is 13.1 Å². The Kier molecular flexibility index (Phi) is 4.14. The molecule has 1 aromatic heterocycles. The topological polar surface area (TPSA) is 29.9 Å². The predicted molar refractivity (Wildman–Crippen MR) is 68.4 cm³/mol. The Morgan fingerprint density at radius 1 is 1.44 bits per heavy atom. The van der Waals surface area contributed by atoms with E-state index in [4.69, 9.17) is 0 Å². The van der Waals surface area contributed by atoms with Crippen LogP contribution in [0.15, 0.2) is 6.07 Å². The zero-order chi connectivity index (χ0) is 12.3. The van der Waals surface area contributed by atoms with Crippen LogP contribution in [0.2, 0.25) is 0 Å². The molecule has 16 heavy (non-hydrogen) atoms. The molecule has 3 nitrogen and oxygen atoms in total. The Morgan fingerprint density at radius 3 is 2.56 bits per heavy atom. The molecule has 1 atom stereocenters. The number of hydrogen-bond donors (Lipinski definition) is 1. The molecule has 1 N–H and O–H groups in total. The first-order valence-corrected chi connectivity index (χ1v) is 6.11. The molecular formula is C13H25N3. The van der Waals surface area contributed by atoms with Gasteiger partial charge < -0.3 is 5.32 Å². The summed E-state index contributed by atoms with van der Waals surface area (Å²) in [6.45, 7) is 15.0. The van der Waals surface area contributed by atoms with Crippen molar-refractivity contribution >= 4 is 0 Å². The van der Waals surface area contributed by atoms with Gasteiger partial charge in [0.25, 0.3) is 0 Å². The lowest BCUT2D eigenvalue weighted by atomic mass is 9.88. The molecule has 3 heteroatoms. The van der Waals surface area contributed by atoms with Gasteiger partial charge in [-0.3, -0.25) is 4.68 Å². The van der Waals surface area contributed by atoms with Gasteiger partial charge in [-0.1, -0.05) is 20.8 Å². The zero-order valence-corrected chi connectivity index (χ0v) is 11.5. The monoisotopic (exact) mass is 223 g/mol. The number of nitrogens with zero attached hydrogens (tertiary/aromatic N) is 2. The first-order chi connectivity index (χ1) is 7.34. The molecule has 0 bridgehead atoms. The van der Waals surface area contributed by atoms with E-state index in [1.165, 1.54) is 5.69 Å². The van der Waals surface area contributed by atoms with Gasteiger partial charge in [-0.2, -0.15) is 5.10 Å². The van der Waals surface area contributed by atoms with Crippen molar-refractivity contribution in [2.24, 2.45) is 5.41 Å². The standard InChI is InChI=1S/C13H25N3/c1-7-16-12(8-10(2)15-16)9-14-11(3)13(4,5)6/h8,11,14H,7,9H2,1-6H3. The van der Waals surface area contributed by atoms with Crippen molar-refractivity contribution in [1.82, 2.24) is 15.1 Å². The van der Waals surface area contributed by atoms with Gasteiger partial charge in [-0.25, -0.2) is 0 Å². The van der Waals surface area contributed by atoms with Crippen molar-refractivity contribution in [3.05, 3.63) is 17.5 Å². The number of hydrogen-bond acceptors (Lipinski definition) is 2. The van der Waals surface area contributed by atoms with Crippen molar-refractivity contribution < 1.29 is 0 Å². The van der Waals surface area contributed by atoms with Crippen LogP contribution < -0.4 is 5.32 Å². The van der Waals surface area contributed by atoms with Crippen LogP contribution in [0.1, 0.15) is 46.0 Å². The van der Waals surface area contributed by atoms with E-state index in [1.807, 2.05) is 6.92 Å². The highest BCUT2D eigenvalue weighted by Gasteiger charge is 2.19. The maximum atomic E-state index is 4.45. The van der Waals surface area contributed by atoms with E-state index in [0.717, 1.165) is 18.8 Å². The first kappa shape index (κ1) is 13.2. The first-order valence-electron chi connectivity index (χ1n) is 6.11. The Hall–Kier alpha value is -0.830. The van der Waals surface area contributed by atoms with Crippen LogP contribution in [0.3, 0.4) is 0 Å². The van der Waals surface area contributed by atoms with E-state index in [2.05, 4.69) is 55.8 Å². The Labute approximate surface area is 99.2 Å². The lowest BCUT2D eigenvalue weighted by Crippen LogP contribution is -2.37. The van der Waals surface area contributed by atoms with Crippen LogP contribution >= 0.6 is 0 Å². The van der Waals surface area contributed by atoms with Crippen LogP contribution in [0.5, 0.6) is 0 Å². The second-order valence-electron chi connectivity index (χ2n) is 5.56. The van der Waals surface area contributed by atoms with Gasteiger partial charge in [0, 0.05) is 19.1 Å². The minimum Gasteiger partial charge on any atom is -0.308 e. The van der Waals surface area contributed by atoms with Gasteiger partial charge in [-0.05, 0) is 32.3 Å². The minimum atomic E-state index is 0.298. The second-order valence-corrected chi connectivity index (χ2v) is 5.56. The highest BCUT2D eigenvalue weighted by atomic mass is 15.3. The summed E-state index contributed by atoms with van der Waals surface area (Å²) in [5.41, 5.74) is 2.67. The summed E-state index contributed by atoms with van der Waals surface area (Å²) in [5.74, 6) is 0. The smallest absolute Gasteiger partial charge is 0.0597 e. The molecule has 1 unspecified atom stereocenters. The van der Waals surface area contributed by atoms with Gasteiger partial charge in [0.2, 0.25) is 0 Å². The van der Waals surface area contributed by atoms with Gasteiger partial charge in [0.05, 0.1) is 11.4 Å². The van der Waals surface area contributed by atoms with Crippen LogP contribution in [-0.4, -0.2) is 15.8 Å². The van der Waals surface area contributed by atoms with Gasteiger partial charge in [0.1, 0.15) is 0 Å². The van der Waals surface area contributed by atoms with Crippen LogP contribution in [0.4, 0.5) is 0 Å². The maximum Gasteiger partial charge on any atom is 0.0597 e. The molecule has 0 aliphatic carbocycles. The fraction of sp³-hybridized carbons (Fsp3) is 0.769. The third kappa shape index (κ3) is 3.34. The van der Waals surface area contributed by atoms with E-state index >= 15 is 0 Å². The average molecular weight is 223 g/mol. The number of aromatic nitrogens is 2. The third-order valence-electron chi connectivity index (χ3n) is 3.17. The molecule has 0 aliphatic rings. The van der Waals surface area contributed by atoms with Gasteiger partial charge in [-0.15, -0.1) is 0 Å². The molecule has 0 saturated heterocycles. The highest BCUT2D eigenvalue weighted by molar-refractivity contribution is 5.08. The number of nitrogens with one attached hydrogen (secondary N) is 1. The molecule has 0 saturated carbocycles. The largest absolute Gasteiger partial charge is 0.308 e. The fourth-order valence-corrected chi connectivity index (χ4v) is 1.58. The summed E-state index contributed by atoms with van der Waals surface area (Å²) in [7, 11) is 0. The van der Waals surface area contributed by atoms with E-state index in [1.54, 1.807) is 0 Å². The molecule has 0 aliphatic heterocycles. The van der Waals surface area contributed by atoms with Crippen LogP contribution in [0.25, 0.3) is 0 Å². The average Bonchev–Trinajstić information content (AvgIpc) is 2.53. The van der Waals surface area contributed by atoms with Crippen LogP contribution in [0, 0.1) is 12.3 Å². The minimum absolute atomic E-state index is 0.298. The predicted octanol–water partition coefficient (Wildman–Crippen LogP) is 2.74. The third-order valence-corrected chi connectivity index (χ3v) is 3.17. The Bertz CT molecular complexity index is 333. The quantitative estimate of drug-likeness (QED) is 0.850. The molecule has 0 spiro atoms. The fourth-order valence-electron chi connectivity index (χ4n) is 1.58. The molecule has 92 valence electrons. The summed E-state index contributed by atoms with van der Waals surface area (Å²) in [6.07, 6.45) is 0. The van der Waals surface area contributed by atoms with Gasteiger partial charge in [0.15, 0.2) is 0 Å². The Morgan fingerprint density at radius 2 is 2.06 bits per heavy atom. The lowest BCUT2D eigenvalue weighted by molar-refractivity contribution is 0.283. The van der Waals surface area contributed by atoms with Crippen molar-refractivity contribution in [1.29, 1.82) is 0 Å². The number of rotatable bonds is 4. The van der Waals surface area contributed by atoms with E-state index in [9.17, 15) is 0 Å². The second kappa shape index (κ2) is 5.00. The molecule has 1 aromatic rings. The van der Waals surface area contributed by atoms with E-state index < -0.39 is 0 Å². The molecule has 0 radical (unpaired) electrons. The molecule has 0 fully saturated rings. The summed E-state index contributed by atoms with van der Waals surface area (Å²) in [4.78, 5) is 0. The molecule has 1 rings (SSSR count). The van der Waals surface area contributed by atoms with Crippen molar-refractivity contribution in [3.63, 3.8) is 0 Å². The Balaban J connectivity index is 2.61. The summed E-state index contributed by atoms with van der Waals surface area (Å²) in [6, 6.07) is 2.65. The van der Waals surface area contributed by atoms with E-state index in [0.29, 0.717) is 11.5 Å². The highest BCUT2D eigenvalue weighted by Crippen LogP contribution is 2.18. The lowest BCUT2D eigenvalue weighted by Gasteiger charge is -2.28. The SMILES string of the molecule is CCn1nc(C)cc1CNC(C)C(C)(C)C. The number of aryl methyl sites for hydroxylation is 2. The molecule has 0 amide bonds. The summed E-state index contributed by atoms with van der Waals surface area (Å²) in [5, 5.41) is 8.01. The maximum absolute atomic E-state index is 4.45. The summed E-state index contributed by atoms with van der Waals surface area (Å²) < 4.78 is 2.07.